The van der Waals surface area contributed by atoms with E-state index in [-0.39, 0.29) is 24.0 Å². The molecular weight excluding hydrogens is 398 g/mol. The number of rotatable bonds is 5. The van der Waals surface area contributed by atoms with E-state index in [4.69, 9.17) is 13.9 Å². The molecule has 0 atom stereocenters. The summed E-state index contributed by atoms with van der Waals surface area (Å²) in [6.07, 6.45) is 1.53. The second-order valence-corrected chi connectivity index (χ2v) is 6.99. The van der Waals surface area contributed by atoms with Crippen molar-refractivity contribution in [1.29, 1.82) is 0 Å². The third-order valence-electron chi connectivity index (χ3n) is 4.14. The van der Waals surface area contributed by atoms with Crippen molar-refractivity contribution >= 4 is 28.9 Å². The molecule has 0 saturated heterocycles. The van der Waals surface area contributed by atoms with Gasteiger partial charge >= 0.3 is 0 Å². The molecule has 3 aromatic heterocycles. The van der Waals surface area contributed by atoms with Crippen LogP contribution in [0.2, 0.25) is 0 Å². The number of nitrogens with one attached hydrogen (secondary N) is 2. The molecule has 146 valence electrons. The number of carbonyl (C=O) groups is 1. The molecule has 0 fully saturated rings. The smallest absolute Gasteiger partial charge is 0.290 e. The minimum atomic E-state index is -0.385. The van der Waals surface area contributed by atoms with E-state index in [1.54, 1.807) is 36.4 Å². The molecule has 0 radical (unpaired) electrons. The molecule has 4 aromatic rings. The van der Waals surface area contributed by atoms with Gasteiger partial charge in [0.05, 0.1) is 12.0 Å². The molecule has 1 aliphatic rings. The lowest BCUT2D eigenvalue weighted by atomic mass is 10.3. The topological polar surface area (TPSA) is 124 Å². The van der Waals surface area contributed by atoms with Crippen LogP contribution in [0.1, 0.15) is 0 Å². The molecule has 29 heavy (non-hydrogen) atoms. The van der Waals surface area contributed by atoms with Crippen molar-refractivity contribution in [2.75, 3.05) is 17.9 Å². The predicted octanol–water partition coefficient (Wildman–Crippen LogP) is 2.14. The molecular formula is C18H13N5O5S. The van der Waals surface area contributed by atoms with Gasteiger partial charge in [-0.3, -0.25) is 9.59 Å². The molecule has 10 nitrogen and oxygen atoms in total. The van der Waals surface area contributed by atoms with Crippen molar-refractivity contribution in [3.8, 4) is 23.0 Å². The van der Waals surface area contributed by atoms with E-state index in [1.165, 1.54) is 10.8 Å². The van der Waals surface area contributed by atoms with E-state index in [9.17, 15) is 9.59 Å². The maximum absolute atomic E-state index is 12.3. The van der Waals surface area contributed by atoms with Crippen molar-refractivity contribution in [2.45, 2.75) is 5.16 Å². The Bertz CT molecular complexity index is 1260. The van der Waals surface area contributed by atoms with Gasteiger partial charge in [0.2, 0.25) is 17.9 Å². The summed E-state index contributed by atoms with van der Waals surface area (Å²) in [5.41, 5.74) is 1.02. The zero-order valence-electron chi connectivity index (χ0n) is 14.7. The monoisotopic (exact) mass is 411 g/mol. The second kappa shape index (κ2) is 7.02. The number of H-pyrrole nitrogens is 1. The lowest BCUT2D eigenvalue weighted by Crippen LogP contribution is -2.17. The number of ether oxygens (including phenoxy) is 2. The Kier molecular flexibility index (Phi) is 4.21. The summed E-state index contributed by atoms with van der Waals surface area (Å²) < 4.78 is 17.3. The summed E-state index contributed by atoms with van der Waals surface area (Å²) in [6, 6.07) is 10.3. The standard InChI is InChI=1S/C18H13N5O5S/c24-16(19-10-3-4-14-15(6-10)28-9-27-14)8-29-18-21-20-17(25)12-7-11(22-23(12)18)13-2-1-5-26-13/h1-7H,8-9H2,(H,19,24)(H,20,25). The molecule has 1 aromatic carbocycles. The second-order valence-electron chi connectivity index (χ2n) is 6.04. The highest BCUT2D eigenvalue weighted by atomic mass is 32.2. The average Bonchev–Trinajstić information content (AvgIpc) is 3.46. The average molecular weight is 411 g/mol. The van der Waals surface area contributed by atoms with Crippen molar-refractivity contribution in [2.24, 2.45) is 0 Å². The van der Waals surface area contributed by atoms with Crippen LogP contribution in [-0.4, -0.2) is 38.3 Å². The van der Waals surface area contributed by atoms with Gasteiger partial charge in [0.25, 0.3) is 5.56 Å². The molecule has 5 rings (SSSR count). The van der Waals surface area contributed by atoms with Gasteiger partial charge in [0, 0.05) is 17.8 Å². The Hall–Kier alpha value is -3.73. The number of fused-ring (bicyclic) bond motifs is 2. The van der Waals surface area contributed by atoms with Crippen LogP contribution >= 0.6 is 11.8 Å². The van der Waals surface area contributed by atoms with Crippen LogP contribution in [-0.2, 0) is 4.79 Å². The minimum absolute atomic E-state index is 0.0680. The Labute approximate surface area is 166 Å². The van der Waals surface area contributed by atoms with E-state index in [1.807, 2.05) is 0 Å². The van der Waals surface area contributed by atoms with Crippen molar-refractivity contribution < 1.29 is 18.7 Å². The summed E-state index contributed by atoms with van der Waals surface area (Å²) in [7, 11) is 0. The van der Waals surface area contributed by atoms with Gasteiger partial charge in [-0.05, 0) is 24.3 Å². The maximum atomic E-state index is 12.3. The van der Waals surface area contributed by atoms with Gasteiger partial charge in [-0.2, -0.15) is 5.10 Å². The SMILES string of the molecule is O=C(CSc1n[nH]c(=O)c2cc(-c3ccco3)nn12)Nc1ccc2c(c1)OCO2. The number of carbonyl (C=O) groups excluding carboxylic acids is 1. The lowest BCUT2D eigenvalue weighted by Gasteiger charge is -2.06. The third-order valence-corrected chi connectivity index (χ3v) is 5.07. The van der Waals surface area contributed by atoms with Crippen LogP contribution in [0.25, 0.3) is 17.0 Å². The highest BCUT2D eigenvalue weighted by molar-refractivity contribution is 7.99. The number of thioether (sulfide) groups is 1. The molecule has 1 amide bonds. The first-order valence-electron chi connectivity index (χ1n) is 8.52. The summed E-state index contributed by atoms with van der Waals surface area (Å²) in [5, 5.41) is 14.0. The number of hydrogen-bond donors (Lipinski definition) is 2. The molecule has 0 bridgehead atoms. The van der Waals surface area contributed by atoms with Crippen LogP contribution in [0, 0.1) is 0 Å². The number of furan rings is 1. The first-order valence-corrected chi connectivity index (χ1v) is 9.50. The predicted molar refractivity (Wildman–Crippen MR) is 103 cm³/mol. The number of amides is 1. The van der Waals surface area contributed by atoms with Crippen LogP contribution in [0.3, 0.4) is 0 Å². The quantitative estimate of drug-likeness (QED) is 0.479. The fraction of sp³-hybridized carbons (Fsp3) is 0.111. The number of hydrogen-bond acceptors (Lipinski definition) is 8. The van der Waals surface area contributed by atoms with E-state index in [2.05, 4.69) is 20.6 Å². The number of benzene rings is 1. The van der Waals surface area contributed by atoms with E-state index in [0.717, 1.165) is 11.8 Å². The van der Waals surface area contributed by atoms with Crippen LogP contribution < -0.4 is 20.3 Å². The van der Waals surface area contributed by atoms with Crippen LogP contribution in [0.15, 0.2) is 57.0 Å². The molecule has 0 aliphatic carbocycles. The van der Waals surface area contributed by atoms with E-state index in [0.29, 0.717) is 39.3 Å². The van der Waals surface area contributed by atoms with E-state index >= 15 is 0 Å². The third kappa shape index (κ3) is 3.31. The molecule has 0 unspecified atom stereocenters. The molecule has 0 spiro atoms. The van der Waals surface area contributed by atoms with Gasteiger partial charge in [0.15, 0.2) is 17.3 Å². The fourth-order valence-electron chi connectivity index (χ4n) is 2.83. The Morgan fingerprint density at radius 3 is 3.00 bits per heavy atom. The van der Waals surface area contributed by atoms with Crippen LogP contribution in [0.5, 0.6) is 11.5 Å². The number of aromatic nitrogens is 4. The largest absolute Gasteiger partial charge is 0.463 e. The van der Waals surface area contributed by atoms with Crippen LogP contribution in [0.4, 0.5) is 5.69 Å². The van der Waals surface area contributed by atoms with Crippen molar-refractivity contribution in [3.63, 3.8) is 0 Å². The van der Waals surface area contributed by atoms with Gasteiger partial charge in [-0.15, -0.1) is 5.10 Å². The van der Waals surface area contributed by atoms with Crippen molar-refractivity contribution in [3.05, 3.63) is 53.0 Å². The zero-order valence-corrected chi connectivity index (χ0v) is 15.6. The summed E-state index contributed by atoms with van der Waals surface area (Å²) in [5.74, 6) is 1.58. The maximum Gasteiger partial charge on any atom is 0.290 e. The molecule has 1 aliphatic heterocycles. The highest BCUT2D eigenvalue weighted by Gasteiger charge is 2.16. The molecule has 11 heteroatoms. The molecule has 0 saturated carbocycles. The lowest BCUT2D eigenvalue weighted by molar-refractivity contribution is -0.113. The Balaban J connectivity index is 1.33. The summed E-state index contributed by atoms with van der Waals surface area (Å²) >= 11 is 1.14. The van der Waals surface area contributed by atoms with Crippen molar-refractivity contribution in [1.82, 2.24) is 19.8 Å². The van der Waals surface area contributed by atoms with Gasteiger partial charge in [-0.25, -0.2) is 9.61 Å². The Morgan fingerprint density at radius 2 is 2.14 bits per heavy atom. The highest BCUT2D eigenvalue weighted by Crippen LogP contribution is 2.34. The number of aromatic amines is 1. The fourth-order valence-corrected chi connectivity index (χ4v) is 3.54. The van der Waals surface area contributed by atoms with E-state index < -0.39 is 0 Å². The van der Waals surface area contributed by atoms with Gasteiger partial charge < -0.3 is 19.2 Å². The minimum Gasteiger partial charge on any atom is -0.463 e. The normalized spacial score (nSPS) is 12.4. The van der Waals surface area contributed by atoms with Gasteiger partial charge in [0.1, 0.15) is 11.2 Å². The molecule has 4 heterocycles. The summed E-state index contributed by atoms with van der Waals surface area (Å²) in [6.45, 7) is 0.167. The number of anilines is 1. The summed E-state index contributed by atoms with van der Waals surface area (Å²) in [4.78, 5) is 24.4. The zero-order chi connectivity index (χ0) is 19.8. The first-order chi connectivity index (χ1) is 14.2. The first kappa shape index (κ1) is 17.4. The molecule has 2 N–H and O–H groups in total. The number of nitrogens with zero attached hydrogens (tertiary/aromatic N) is 3. The van der Waals surface area contributed by atoms with Gasteiger partial charge in [-0.1, -0.05) is 11.8 Å². The Morgan fingerprint density at radius 1 is 1.24 bits per heavy atom.